The second kappa shape index (κ2) is 53.4. The van der Waals surface area contributed by atoms with Crippen LogP contribution in [0.4, 0.5) is 148 Å². The van der Waals surface area contributed by atoms with Crippen molar-refractivity contribution in [2.24, 2.45) is 0 Å². The number of carbonyl (C=O) groups excluding carboxylic acids is 9. The van der Waals surface area contributed by atoms with Gasteiger partial charge in [-0.2, -0.15) is 52.0 Å². The van der Waals surface area contributed by atoms with Gasteiger partial charge in [-0.1, -0.05) is 58.0 Å². The summed E-state index contributed by atoms with van der Waals surface area (Å²) in [6.07, 6.45) is 15.7. The topological polar surface area (TPSA) is 1140 Å². The van der Waals surface area contributed by atoms with Gasteiger partial charge in [0.25, 0.3) is 53.5 Å². The van der Waals surface area contributed by atoms with Crippen LogP contribution in [-0.2, 0) is 0 Å². The molecule has 19 aromatic rings. The molecule has 18 amide bonds. The zero-order valence-corrected chi connectivity index (χ0v) is 71.0. The van der Waals surface area contributed by atoms with Crippen LogP contribution in [-0.4, -0.2) is 328 Å². The van der Waals surface area contributed by atoms with Crippen LogP contribution in [0, 0.1) is 0 Å². The number of nitrogens with zero attached hydrogens (tertiary/aromatic N) is 35. The Balaban J connectivity index is 0.000000154. The third-order valence-electron chi connectivity index (χ3n) is 14.4. The molecule has 0 spiro atoms. The fraction of sp³-hybridized carbons (Fsp3) is 0. The van der Waals surface area contributed by atoms with Crippen LogP contribution in [0.25, 0.3) is 11.0 Å². The van der Waals surface area contributed by atoms with Crippen LogP contribution in [0.15, 0.2) is 163 Å². The first-order chi connectivity index (χ1) is 69.5. The average Bonchev–Trinajstić information content (AvgIpc) is 1.76. The lowest BCUT2D eigenvalue weighted by molar-refractivity contribution is 0.0680. The molecule has 0 atom stereocenters. The van der Waals surface area contributed by atoms with Crippen molar-refractivity contribution in [3.63, 3.8) is 0 Å². The van der Waals surface area contributed by atoms with Crippen molar-refractivity contribution in [1.29, 1.82) is 0 Å². The highest BCUT2D eigenvalue weighted by molar-refractivity contribution is 7.14. The first-order valence-electron chi connectivity index (χ1n) is 37.7. The van der Waals surface area contributed by atoms with Gasteiger partial charge in [-0.25, -0.2) is 87.4 Å². The third kappa shape index (κ3) is 35.7. The van der Waals surface area contributed by atoms with Crippen LogP contribution in [0.5, 0.6) is 0 Å². The average molecular weight is 1990 g/mol. The number of H-pyrrole nitrogens is 12. The molecule has 143 heavy (non-hydrogen) atoms. The van der Waals surface area contributed by atoms with Gasteiger partial charge in [0, 0.05) is 43.2 Å². The van der Waals surface area contributed by atoms with E-state index >= 15 is 0 Å². The number of carbonyl (C=O) groups is 12. The number of carboxylic acids is 3. The van der Waals surface area contributed by atoms with Crippen molar-refractivity contribution < 1.29 is 77.3 Å². The number of amides is 18. The second-order valence-corrected chi connectivity index (χ2v) is 25.0. The SMILES string of the molecule is O=C(Nc1cn[nH]c1)Nc1nn[nH]n1.O=C(Nc1cnc2ccccc2n1)Nc1nn[nH]n1.O=C(Nc1nn[nH]n1)Nc1ccc[nH]1.O=C(Nc1nn[nH]n1)Nc1cccnc1C(=O)O.O=C(Nc1nn[nH]n1)Nc1ccco1.O=C(Nc1nn[nH]n1)Nc1cccs1.O=C(Nc1nn[nH]n1)Nc1cnc[nH]1.O=C(Nc1nn[nH]n1)Nc1ncccc1C(=O)O.O=C(Nc1nn[nH]n1)Nc1nccnc1C(=O)O. The summed E-state index contributed by atoms with van der Waals surface area (Å²) in [5.74, 6) is -1.79. The number of aromatic amines is 12. The molecule has 0 unspecified atom stereocenters. The van der Waals surface area contributed by atoms with E-state index in [1.54, 1.807) is 36.5 Å². The number of rotatable bonds is 21. The van der Waals surface area contributed by atoms with Gasteiger partial charge in [0.1, 0.15) is 23.0 Å². The van der Waals surface area contributed by atoms with Crippen LogP contribution >= 0.6 is 11.3 Å². The molecule has 0 bridgehead atoms. The van der Waals surface area contributed by atoms with Crippen LogP contribution in [0.3, 0.4) is 0 Å². The predicted octanol–water partition coefficient (Wildman–Crippen LogP) is 0.640. The summed E-state index contributed by atoms with van der Waals surface area (Å²) in [6.45, 7) is 0. The van der Waals surface area contributed by atoms with E-state index in [2.05, 4.69) is 336 Å². The zero-order chi connectivity index (χ0) is 101. The Morgan fingerprint density at radius 3 is 1.20 bits per heavy atom. The fourth-order valence-corrected chi connectivity index (χ4v) is 9.50. The molecule has 0 aliphatic rings. The van der Waals surface area contributed by atoms with Crippen molar-refractivity contribution >= 4 is 199 Å². The molecule has 0 aliphatic heterocycles. The number of imidazole rings is 1. The Morgan fingerprint density at radius 2 is 0.762 bits per heavy atom. The maximum atomic E-state index is 11.6. The maximum absolute atomic E-state index is 11.6. The highest BCUT2D eigenvalue weighted by atomic mass is 32.1. The summed E-state index contributed by atoms with van der Waals surface area (Å²) < 4.78 is 4.89. The Morgan fingerprint density at radius 1 is 0.329 bits per heavy atom. The summed E-state index contributed by atoms with van der Waals surface area (Å²) >= 11 is 1.43. The molecule has 0 saturated carbocycles. The van der Waals surface area contributed by atoms with Crippen molar-refractivity contribution in [3.05, 3.63) is 176 Å². The number of aromatic carboxylic acids is 3. The summed E-state index contributed by atoms with van der Waals surface area (Å²) in [5, 5.41) is 191. The van der Waals surface area contributed by atoms with Gasteiger partial charge in [-0.3, -0.25) is 95.2 Å². The Hall–Kier alpha value is -23.9. The molecule has 33 N–H and O–H groups in total. The van der Waals surface area contributed by atoms with Crippen molar-refractivity contribution in [2.75, 3.05) is 95.7 Å². The number of thiophene rings is 1. The number of hydrogen-bond donors (Lipinski definition) is 33. The van der Waals surface area contributed by atoms with E-state index in [9.17, 15) is 57.5 Å². The standard InChI is InChI=1S/C10H8N8O.2C8H7N7O3.C7H6N8O3.C6H7N7O.C6H6N6O2.C6H6N6OS.2C5H6N8O/c19-10(14-9-15-17-18-16-9)13-8-5-11-6-3-1-2-4-7(6)12-8;16-6(17)5-4(2-1-3-9-5)10-8(18)11-7-12-14-15-13-7;16-6(17)4-2-1-3-9-5(4)10-8(18)11-7-12-14-15-13-7;16-5(17)3-4(9-2-1-8-3)10-7(18)11-6-12-14-15-13-6;14-6(8-4-2-1-3-7-4)9-5-10-12-13-11-5;2*13-6(7-4-2-1-3-14-4)8-5-9-11-12-10-5;14-5(8-3-1-6-2-7-3)9-4-10-12-13-11-4;14-5(8-3-1-6-7-2-3)9-4-10-12-13-11-4/h1-5H,(H3,12,13,14,15,16,17,18,19);1-3H,(H,16,17)(H3,10,11,12,13,14,15,18);1-3H,(H,16,17)(H3,9,10,11,12,13,14,15,18);1-2H,(H,16,17)(H3,9,10,11,12,13,14,15,18);1-3,7H,(H3,8,9,10,11,12,13,14);2*1-3H,(H3,7,8,9,10,11,12,13);2*1-2H,(H,6,7)(H3,8,9,10,11,12,13,14). The quantitative estimate of drug-likeness (QED) is 0.0469. The molecular formula is C61H59N65O16S. The van der Waals surface area contributed by atoms with E-state index in [0.717, 1.165) is 10.5 Å². The maximum Gasteiger partial charge on any atom is 0.358 e. The number of carboxylic acid groups (broad SMARTS) is 3. The Kier molecular flexibility index (Phi) is 37.2. The largest absolute Gasteiger partial charge is 0.478 e. The van der Waals surface area contributed by atoms with Crippen molar-refractivity contribution in [3.8, 4) is 0 Å². The zero-order valence-electron chi connectivity index (χ0n) is 70.2. The number of pyridine rings is 2. The molecule has 81 nitrogen and oxygen atoms in total. The number of tetrazole rings is 9. The van der Waals surface area contributed by atoms with Gasteiger partial charge in [0.2, 0.25) is 5.88 Å². The fourth-order valence-electron chi connectivity index (χ4n) is 8.89. The van der Waals surface area contributed by atoms with E-state index in [1.165, 1.54) is 97.8 Å². The van der Waals surface area contributed by atoms with E-state index in [1.807, 2.05) is 35.7 Å². The molecule has 0 saturated heterocycles. The minimum Gasteiger partial charge on any atom is -0.478 e. The lowest BCUT2D eigenvalue weighted by Gasteiger charge is -2.06. The smallest absolute Gasteiger partial charge is 0.358 e. The van der Waals surface area contributed by atoms with E-state index < -0.39 is 72.2 Å². The highest BCUT2D eigenvalue weighted by Crippen LogP contribution is 2.18. The Bertz CT molecular complexity index is 6120. The number of hydrogen-bond acceptors (Lipinski definition) is 49. The van der Waals surface area contributed by atoms with Crippen molar-refractivity contribution in [1.82, 2.24) is 241 Å². The summed E-state index contributed by atoms with van der Waals surface area (Å²) in [7, 11) is 0. The molecule has 18 heterocycles. The van der Waals surface area contributed by atoms with Gasteiger partial charge in [0.05, 0.1) is 58.6 Å². The van der Waals surface area contributed by atoms with Gasteiger partial charge >= 0.3 is 72.2 Å². The summed E-state index contributed by atoms with van der Waals surface area (Å²) in [6, 6.07) is 18.4. The summed E-state index contributed by atoms with van der Waals surface area (Å²) in [5.41, 5.74) is 1.30. The molecule has 18 aromatic heterocycles. The molecule has 0 fully saturated rings. The van der Waals surface area contributed by atoms with E-state index in [-0.39, 0.29) is 87.8 Å². The van der Waals surface area contributed by atoms with Crippen molar-refractivity contribution in [2.45, 2.75) is 0 Å². The molecule has 82 heteroatoms. The number of benzene rings is 1. The number of urea groups is 9. The molecule has 1 aromatic carbocycles. The van der Waals surface area contributed by atoms with E-state index in [4.69, 9.17) is 19.7 Å². The molecule has 19 rings (SSSR count). The number of anilines is 18. The minimum atomic E-state index is -1.31. The van der Waals surface area contributed by atoms with Gasteiger partial charge in [-0.15, -0.1) is 57.2 Å². The number of nitrogens with one attached hydrogen (secondary N) is 30. The number of fused-ring (bicyclic) bond motifs is 1. The lowest BCUT2D eigenvalue weighted by atomic mass is 10.2. The summed E-state index contributed by atoms with van der Waals surface area (Å²) in [4.78, 5) is 167. The normalized spacial score (nSPS) is 9.82. The molecular weight excluding hydrogens is 1930 g/mol. The van der Waals surface area contributed by atoms with E-state index in [0.29, 0.717) is 34.5 Å². The number of aromatic nitrogens is 47. The lowest BCUT2D eigenvalue weighted by Crippen LogP contribution is -2.23. The minimum absolute atomic E-state index is 0.0340. The van der Waals surface area contributed by atoms with Gasteiger partial charge in [0.15, 0.2) is 23.0 Å². The van der Waals surface area contributed by atoms with Gasteiger partial charge in [-0.05, 0) is 119 Å². The van der Waals surface area contributed by atoms with Crippen LogP contribution in [0.2, 0.25) is 0 Å². The number of furan rings is 1. The van der Waals surface area contributed by atoms with Crippen LogP contribution < -0.4 is 95.7 Å². The van der Waals surface area contributed by atoms with Crippen LogP contribution in [0.1, 0.15) is 31.3 Å². The first-order valence-corrected chi connectivity index (χ1v) is 38.5. The van der Waals surface area contributed by atoms with Gasteiger partial charge < -0.3 is 40.3 Å². The Labute approximate surface area is 785 Å². The highest BCUT2D eigenvalue weighted by Gasteiger charge is 2.20. The molecule has 730 valence electrons. The predicted molar refractivity (Wildman–Crippen MR) is 473 cm³/mol. The number of para-hydroxylation sites is 2. The second-order valence-electron chi connectivity index (χ2n) is 24.0. The molecule has 0 radical (unpaired) electrons. The monoisotopic (exact) mass is 1990 g/mol. The first kappa shape index (κ1) is 99.7. The third-order valence-corrected chi connectivity index (χ3v) is 15.1. The molecule has 0 aliphatic carbocycles.